The van der Waals surface area contributed by atoms with Crippen LogP contribution in [-0.2, 0) is 24.4 Å². The van der Waals surface area contributed by atoms with Crippen molar-refractivity contribution in [3.05, 3.63) is 125 Å². The van der Waals surface area contributed by atoms with Crippen LogP contribution in [0.2, 0.25) is 0 Å². The minimum Gasteiger partial charge on any atom is -0.464 e. The van der Waals surface area contributed by atoms with Gasteiger partial charge < -0.3 is 9.64 Å². The minimum atomic E-state index is -4.15. The molecule has 4 aromatic carbocycles. The van der Waals surface area contributed by atoms with Crippen molar-refractivity contribution in [3.63, 3.8) is 0 Å². The summed E-state index contributed by atoms with van der Waals surface area (Å²) in [6.07, 6.45) is 12.3. The lowest BCUT2D eigenvalue weighted by molar-refractivity contribution is -0.146. The molecule has 1 aliphatic heterocycles. The van der Waals surface area contributed by atoms with Gasteiger partial charge in [-0.3, -0.25) is 24.1 Å². The Kier molecular flexibility index (Phi) is 16.4. The molecular weight excluding hydrogens is 777 g/mol. The summed E-state index contributed by atoms with van der Waals surface area (Å²) >= 11 is 6.47. The van der Waals surface area contributed by atoms with Crippen LogP contribution in [0.1, 0.15) is 75.0 Å². The number of hydrazone groups is 1. The summed E-state index contributed by atoms with van der Waals surface area (Å²) in [5, 5.41) is 7.01. The van der Waals surface area contributed by atoms with Crippen LogP contribution in [0.3, 0.4) is 0 Å². The van der Waals surface area contributed by atoms with Crippen LogP contribution in [0.15, 0.2) is 113 Å². The topological polar surface area (TPSA) is 120 Å². The summed E-state index contributed by atoms with van der Waals surface area (Å²) in [7, 11) is -4.15. The zero-order chi connectivity index (χ0) is 40.6. The maximum absolute atomic E-state index is 13.2. The average Bonchev–Trinajstić information content (AvgIpc) is 3.46. The molecule has 5 rings (SSSR count). The first-order chi connectivity index (χ1) is 27.5. The van der Waals surface area contributed by atoms with E-state index in [0.29, 0.717) is 4.91 Å². The number of hydrogen-bond donors (Lipinski definition) is 1. The third-order valence-electron chi connectivity index (χ3n) is 9.24. The van der Waals surface area contributed by atoms with E-state index in [1.54, 1.807) is 6.08 Å². The van der Waals surface area contributed by atoms with Crippen LogP contribution in [0.5, 0.6) is 0 Å². The number of hydrogen-bond acceptors (Lipinski definition) is 10. The number of thioether (sulfide) groups is 1. The van der Waals surface area contributed by atoms with E-state index in [4.69, 9.17) is 26.6 Å². The van der Waals surface area contributed by atoms with Gasteiger partial charge in [-0.05, 0) is 85.5 Å². The van der Waals surface area contributed by atoms with Crippen molar-refractivity contribution in [2.45, 2.75) is 65.2 Å². The molecule has 0 radical (unpaired) electrons. The number of rotatable bonds is 21. The lowest BCUT2D eigenvalue weighted by Crippen LogP contribution is -2.34. The van der Waals surface area contributed by atoms with Gasteiger partial charge in [-0.1, -0.05) is 130 Å². The Morgan fingerprint density at radius 2 is 1.39 bits per heavy atom. The predicted molar refractivity (Wildman–Crippen MR) is 237 cm³/mol. The van der Waals surface area contributed by atoms with Crippen molar-refractivity contribution in [2.75, 3.05) is 35.4 Å². The number of benzene rings is 4. The Hall–Kier alpha value is -4.82. The van der Waals surface area contributed by atoms with E-state index in [0.717, 1.165) is 69.1 Å². The highest BCUT2D eigenvalue weighted by atomic mass is 32.2. The second kappa shape index (κ2) is 21.6. The number of para-hydroxylation sites is 1. The molecule has 1 saturated heterocycles. The molecule has 0 atom stereocenters. The number of ether oxygens (including phenoxy) is 1. The maximum atomic E-state index is 13.2. The van der Waals surface area contributed by atoms with Crippen molar-refractivity contribution in [1.82, 2.24) is 4.90 Å². The number of unbranched alkanes of at least 4 members (excludes halogenated alkanes) is 6. The molecule has 1 fully saturated rings. The summed E-state index contributed by atoms with van der Waals surface area (Å²) in [6.45, 7) is 4.56. The number of esters is 1. The fraction of sp³-hybridized carbons (Fsp3) is 0.318. The molecule has 0 saturated carbocycles. The van der Waals surface area contributed by atoms with Gasteiger partial charge in [0, 0.05) is 23.6 Å². The normalized spacial score (nSPS) is 13.8. The zero-order valence-electron chi connectivity index (χ0n) is 32.5. The third-order valence-corrected chi connectivity index (χ3v) is 11.4. The molecule has 10 nitrogen and oxygen atoms in total. The number of nitrogens with zero attached hydrogens (tertiary/aromatic N) is 4. The molecule has 1 aliphatic rings. The number of anilines is 4. The van der Waals surface area contributed by atoms with Gasteiger partial charge in [0.1, 0.15) is 10.9 Å². The van der Waals surface area contributed by atoms with E-state index in [2.05, 4.69) is 84.4 Å². The molecule has 1 N–H and O–H groups in total. The summed E-state index contributed by atoms with van der Waals surface area (Å²) < 4.78 is 35.9. The SMILES string of the molecule is CCCCCCCCCN(N=Cc1ccc(N(c2ccc(C)cc2)c2ccc(C=C3SC(=S)N(CC(=O)OCCCS(=O)(=O)O)C3=O)cc2)cc1)c1ccccc1. The molecule has 4 aromatic rings. The van der Waals surface area contributed by atoms with Gasteiger partial charge in [0.2, 0.25) is 0 Å². The molecule has 1 amide bonds. The van der Waals surface area contributed by atoms with Crippen LogP contribution >= 0.6 is 24.0 Å². The first kappa shape index (κ1) is 43.3. The standard InChI is InChI=1S/C44H50N4O6S3/c1-3-4-5-6-7-8-12-28-47(37-14-10-9-11-15-37)45-32-36-20-26-40(27-21-36)48(38-22-16-34(2)17-23-38)39-24-18-35(19-25-39)31-41-43(50)46(44(55)56-41)33-42(49)54-29-13-30-57(51,52)53/h9-11,14-27,31-32H,3-8,12-13,28-30,33H2,1-2H3,(H,51,52,53). The first-order valence-corrected chi connectivity index (χ1v) is 22.1. The van der Waals surface area contributed by atoms with E-state index < -0.39 is 34.3 Å². The molecule has 0 aromatic heterocycles. The average molecular weight is 827 g/mol. The Balaban J connectivity index is 1.27. The monoisotopic (exact) mass is 826 g/mol. The summed E-state index contributed by atoms with van der Waals surface area (Å²) in [4.78, 5) is 29.2. The van der Waals surface area contributed by atoms with E-state index in [1.807, 2.05) is 48.7 Å². The quantitative estimate of drug-likeness (QED) is 0.0165. The fourth-order valence-corrected chi connectivity index (χ4v) is 7.91. The van der Waals surface area contributed by atoms with Gasteiger partial charge in [0.05, 0.1) is 29.2 Å². The number of aryl methyl sites for hydroxylation is 1. The highest BCUT2D eigenvalue weighted by molar-refractivity contribution is 8.26. The van der Waals surface area contributed by atoms with Crippen molar-refractivity contribution >= 4 is 85.3 Å². The van der Waals surface area contributed by atoms with Crippen LogP contribution in [0.4, 0.5) is 22.7 Å². The summed E-state index contributed by atoms with van der Waals surface area (Å²) in [5.41, 5.74) is 6.88. The Labute approximate surface area is 346 Å². The molecule has 0 bridgehead atoms. The van der Waals surface area contributed by atoms with E-state index in [-0.39, 0.29) is 17.3 Å². The molecule has 13 heteroatoms. The van der Waals surface area contributed by atoms with Gasteiger partial charge in [-0.15, -0.1) is 0 Å². The largest absolute Gasteiger partial charge is 0.464 e. The van der Waals surface area contributed by atoms with E-state index >= 15 is 0 Å². The van der Waals surface area contributed by atoms with Crippen molar-refractivity contribution < 1.29 is 27.3 Å². The van der Waals surface area contributed by atoms with Crippen LogP contribution in [0.25, 0.3) is 6.08 Å². The smallest absolute Gasteiger partial charge is 0.326 e. The van der Waals surface area contributed by atoms with Gasteiger partial charge in [-0.2, -0.15) is 13.5 Å². The van der Waals surface area contributed by atoms with Gasteiger partial charge in [0.25, 0.3) is 16.0 Å². The van der Waals surface area contributed by atoms with Crippen molar-refractivity contribution in [2.24, 2.45) is 5.10 Å². The molecule has 57 heavy (non-hydrogen) atoms. The van der Waals surface area contributed by atoms with Gasteiger partial charge >= 0.3 is 5.97 Å². The number of thiocarbonyl (C=S) groups is 1. The lowest BCUT2D eigenvalue weighted by Gasteiger charge is -2.26. The summed E-state index contributed by atoms with van der Waals surface area (Å²) in [5.74, 6) is -1.67. The van der Waals surface area contributed by atoms with Gasteiger partial charge in [0.15, 0.2) is 0 Å². The molecular formula is C44H50N4O6S3. The Bertz CT molecular complexity index is 2110. The predicted octanol–water partition coefficient (Wildman–Crippen LogP) is 10.1. The van der Waals surface area contributed by atoms with Crippen molar-refractivity contribution in [3.8, 4) is 0 Å². The van der Waals surface area contributed by atoms with Crippen molar-refractivity contribution in [1.29, 1.82) is 0 Å². The number of carbonyl (C=O) groups excluding carboxylic acids is 2. The molecule has 300 valence electrons. The minimum absolute atomic E-state index is 0.0617. The highest BCUT2D eigenvalue weighted by Gasteiger charge is 2.34. The van der Waals surface area contributed by atoms with Gasteiger partial charge in [-0.25, -0.2) is 0 Å². The van der Waals surface area contributed by atoms with Crippen LogP contribution < -0.4 is 9.91 Å². The highest BCUT2D eigenvalue weighted by Crippen LogP contribution is 2.36. The van der Waals surface area contributed by atoms with Crippen LogP contribution in [0, 0.1) is 6.92 Å². The molecule has 0 aliphatic carbocycles. The van der Waals surface area contributed by atoms with E-state index in [9.17, 15) is 18.0 Å². The summed E-state index contributed by atoms with van der Waals surface area (Å²) in [6, 6.07) is 34.8. The van der Waals surface area contributed by atoms with E-state index in [1.165, 1.54) is 38.5 Å². The molecule has 1 heterocycles. The first-order valence-electron chi connectivity index (χ1n) is 19.3. The second-order valence-electron chi connectivity index (χ2n) is 13.8. The lowest BCUT2D eigenvalue weighted by atomic mass is 10.1. The second-order valence-corrected chi connectivity index (χ2v) is 17.1. The molecule has 0 unspecified atom stereocenters. The number of carbonyl (C=O) groups is 2. The Morgan fingerprint density at radius 1 is 0.807 bits per heavy atom. The molecule has 0 spiro atoms. The maximum Gasteiger partial charge on any atom is 0.326 e. The zero-order valence-corrected chi connectivity index (χ0v) is 34.9. The van der Waals surface area contributed by atoms with Crippen LogP contribution in [-0.4, -0.2) is 65.7 Å². The number of amides is 1. The third kappa shape index (κ3) is 13.7. The Morgan fingerprint density at radius 3 is 2.00 bits per heavy atom. The fourth-order valence-electron chi connectivity index (χ4n) is 6.17.